The summed E-state index contributed by atoms with van der Waals surface area (Å²) in [5.74, 6) is -0.292. The van der Waals surface area contributed by atoms with Gasteiger partial charge in [-0.3, -0.25) is 14.7 Å². The molecular formula is C20H20N4O2. The molecule has 1 aliphatic heterocycles. The lowest BCUT2D eigenvalue weighted by atomic mass is 9.96. The quantitative estimate of drug-likeness (QED) is 0.764. The number of anilines is 1. The molecule has 1 atom stereocenters. The van der Waals surface area contributed by atoms with Gasteiger partial charge in [0.25, 0.3) is 5.91 Å². The van der Waals surface area contributed by atoms with E-state index in [1.165, 1.54) is 0 Å². The third-order valence-corrected chi connectivity index (χ3v) is 4.83. The number of fused-ring (bicyclic) bond motifs is 1. The van der Waals surface area contributed by atoms with Crippen molar-refractivity contribution in [3.63, 3.8) is 0 Å². The molecule has 1 saturated heterocycles. The van der Waals surface area contributed by atoms with Crippen molar-refractivity contribution >= 4 is 28.4 Å². The van der Waals surface area contributed by atoms with Crippen molar-refractivity contribution in [1.82, 2.24) is 15.1 Å². The summed E-state index contributed by atoms with van der Waals surface area (Å²) in [6, 6.07) is 15.0. The zero-order valence-electron chi connectivity index (χ0n) is 14.3. The van der Waals surface area contributed by atoms with Gasteiger partial charge in [-0.25, -0.2) is 0 Å². The number of piperidine rings is 1. The SMILES string of the molecule is O=C(Nc1ccccc1)C1CCCN(C(=O)c2cccc3cn[nH]c23)C1. The molecule has 2 amide bonds. The summed E-state index contributed by atoms with van der Waals surface area (Å²) >= 11 is 0. The number of carbonyl (C=O) groups excluding carboxylic acids is 2. The molecule has 0 saturated carbocycles. The molecule has 1 unspecified atom stereocenters. The van der Waals surface area contributed by atoms with Gasteiger partial charge in [-0.1, -0.05) is 30.3 Å². The van der Waals surface area contributed by atoms with Crippen LogP contribution in [0.25, 0.3) is 10.9 Å². The summed E-state index contributed by atoms with van der Waals surface area (Å²) in [5, 5.41) is 10.8. The molecule has 0 radical (unpaired) electrons. The number of likely N-dealkylation sites (tertiary alicyclic amines) is 1. The lowest BCUT2D eigenvalue weighted by Crippen LogP contribution is -2.43. The van der Waals surface area contributed by atoms with E-state index < -0.39 is 0 Å². The minimum atomic E-state index is -0.200. The van der Waals surface area contributed by atoms with Crippen molar-refractivity contribution in [2.75, 3.05) is 18.4 Å². The number of nitrogens with one attached hydrogen (secondary N) is 2. The van der Waals surface area contributed by atoms with E-state index in [1.807, 2.05) is 42.5 Å². The first-order valence-corrected chi connectivity index (χ1v) is 8.79. The third kappa shape index (κ3) is 3.18. The highest BCUT2D eigenvalue weighted by atomic mass is 16.2. The van der Waals surface area contributed by atoms with Crippen molar-refractivity contribution in [3.05, 3.63) is 60.3 Å². The van der Waals surface area contributed by atoms with E-state index in [1.54, 1.807) is 17.2 Å². The van der Waals surface area contributed by atoms with Gasteiger partial charge < -0.3 is 10.2 Å². The van der Waals surface area contributed by atoms with Crippen molar-refractivity contribution in [2.24, 2.45) is 5.92 Å². The second-order valence-corrected chi connectivity index (χ2v) is 6.59. The second-order valence-electron chi connectivity index (χ2n) is 6.59. The van der Waals surface area contributed by atoms with Gasteiger partial charge in [0, 0.05) is 24.2 Å². The summed E-state index contributed by atoms with van der Waals surface area (Å²) in [6.45, 7) is 1.10. The topological polar surface area (TPSA) is 78.1 Å². The van der Waals surface area contributed by atoms with Crippen molar-refractivity contribution in [3.8, 4) is 0 Å². The molecule has 6 heteroatoms. The molecular weight excluding hydrogens is 328 g/mol. The van der Waals surface area contributed by atoms with Crippen LogP contribution in [0.5, 0.6) is 0 Å². The number of H-pyrrole nitrogens is 1. The number of aromatic amines is 1. The monoisotopic (exact) mass is 348 g/mol. The van der Waals surface area contributed by atoms with Gasteiger partial charge >= 0.3 is 0 Å². The Balaban J connectivity index is 1.49. The molecule has 0 aliphatic carbocycles. The van der Waals surface area contributed by atoms with E-state index >= 15 is 0 Å². The highest BCUT2D eigenvalue weighted by Gasteiger charge is 2.29. The number of amides is 2. The molecule has 1 fully saturated rings. The Bertz CT molecular complexity index is 935. The van der Waals surface area contributed by atoms with Crippen LogP contribution in [-0.2, 0) is 4.79 Å². The second kappa shape index (κ2) is 7.00. The standard InChI is InChI=1S/C20H20N4O2/c25-19(22-16-8-2-1-3-9-16)15-7-5-11-24(13-15)20(26)17-10-4-6-14-12-21-23-18(14)17/h1-4,6,8-10,12,15H,5,7,11,13H2,(H,21,23)(H,22,25). The molecule has 2 aromatic carbocycles. The summed E-state index contributed by atoms with van der Waals surface area (Å²) in [7, 11) is 0. The molecule has 3 aromatic rings. The van der Waals surface area contributed by atoms with Crippen LogP contribution in [0, 0.1) is 5.92 Å². The van der Waals surface area contributed by atoms with Crippen LogP contribution in [0.1, 0.15) is 23.2 Å². The number of aromatic nitrogens is 2. The predicted molar refractivity (Wildman–Crippen MR) is 99.8 cm³/mol. The minimum absolute atomic E-state index is 0.0338. The van der Waals surface area contributed by atoms with E-state index in [-0.39, 0.29) is 17.7 Å². The number of hydrogen-bond donors (Lipinski definition) is 2. The van der Waals surface area contributed by atoms with Crippen LogP contribution >= 0.6 is 0 Å². The molecule has 1 aliphatic rings. The number of rotatable bonds is 3. The first kappa shape index (κ1) is 16.3. The highest BCUT2D eigenvalue weighted by molar-refractivity contribution is 6.05. The Morgan fingerprint density at radius 2 is 1.96 bits per heavy atom. The molecule has 1 aromatic heterocycles. The summed E-state index contributed by atoms with van der Waals surface area (Å²) in [4.78, 5) is 27.3. The lowest BCUT2D eigenvalue weighted by Gasteiger charge is -2.32. The average molecular weight is 348 g/mol. The van der Waals surface area contributed by atoms with E-state index in [4.69, 9.17) is 0 Å². The van der Waals surface area contributed by atoms with Gasteiger partial charge in [0.15, 0.2) is 0 Å². The van der Waals surface area contributed by atoms with Crippen LogP contribution < -0.4 is 5.32 Å². The largest absolute Gasteiger partial charge is 0.338 e. The molecule has 2 heterocycles. The molecule has 4 rings (SSSR count). The smallest absolute Gasteiger partial charge is 0.256 e. The number of carbonyl (C=O) groups is 2. The maximum Gasteiger partial charge on any atom is 0.256 e. The predicted octanol–water partition coefficient (Wildman–Crippen LogP) is 3.05. The number of hydrogen-bond acceptors (Lipinski definition) is 3. The Hall–Kier alpha value is -3.15. The Morgan fingerprint density at radius 3 is 2.81 bits per heavy atom. The van der Waals surface area contributed by atoms with E-state index in [0.29, 0.717) is 18.7 Å². The van der Waals surface area contributed by atoms with Crippen LogP contribution in [0.15, 0.2) is 54.7 Å². The molecule has 0 bridgehead atoms. The Morgan fingerprint density at radius 1 is 1.12 bits per heavy atom. The number of nitrogens with zero attached hydrogens (tertiary/aromatic N) is 2. The number of benzene rings is 2. The normalized spacial score (nSPS) is 17.2. The Kier molecular flexibility index (Phi) is 4.39. The van der Waals surface area contributed by atoms with E-state index in [0.717, 1.165) is 29.4 Å². The van der Waals surface area contributed by atoms with E-state index in [2.05, 4.69) is 15.5 Å². The first-order valence-electron chi connectivity index (χ1n) is 8.79. The first-order chi connectivity index (χ1) is 12.7. The van der Waals surface area contributed by atoms with Crippen molar-refractivity contribution in [2.45, 2.75) is 12.8 Å². The molecule has 2 N–H and O–H groups in total. The van der Waals surface area contributed by atoms with Gasteiger partial charge in [-0.2, -0.15) is 5.10 Å². The van der Waals surface area contributed by atoms with Crippen LogP contribution in [-0.4, -0.2) is 40.0 Å². The number of para-hydroxylation sites is 2. The molecule has 0 spiro atoms. The summed E-state index contributed by atoms with van der Waals surface area (Å²) < 4.78 is 0. The maximum atomic E-state index is 13.0. The highest BCUT2D eigenvalue weighted by Crippen LogP contribution is 2.23. The molecule has 26 heavy (non-hydrogen) atoms. The lowest BCUT2D eigenvalue weighted by molar-refractivity contribution is -0.121. The summed E-state index contributed by atoms with van der Waals surface area (Å²) in [5.41, 5.74) is 2.13. The van der Waals surface area contributed by atoms with Gasteiger partial charge in [-0.05, 0) is 31.0 Å². The zero-order valence-corrected chi connectivity index (χ0v) is 14.3. The van der Waals surface area contributed by atoms with Crippen LogP contribution in [0.3, 0.4) is 0 Å². The minimum Gasteiger partial charge on any atom is -0.338 e. The Labute approximate surface area is 151 Å². The fraction of sp³-hybridized carbons (Fsp3) is 0.250. The van der Waals surface area contributed by atoms with Gasteiger partial charge in [-0.15, -0.1) is 0 Å². The van der Waals surface area contributed by atoms with Gasteiger partial charge in [0.05, 0.1) is 23.2 Å². The molecule has 132 valence electrons. The van der Waals surface area contributed by atoms with Crippen LogP contribution in [0.4, 0.5) is 5.69 Å². The van der Waals surface area contributed by atoms with Crippen molar-refractivity contribution < 1.29 is 9.59 Å². The average Bonchev–Trinajstić information content (AvgIpc) is 3.17. The van der Waals surface area contributed by atoms with Gasteiger partial charge in [0.2, 0.25) is 5.91 Å². The van der Waals surface area contributed by atoms with Crippen molar-refractivity contribution in [1.29, 1.82) is 0 Å². The fourth-order valence-corrected chi connectivity index (χ4v) is 3.46. The molecule has 6 nitrogen and oxygen atoms in total. The van der Waals surface area contributed by atoms with Gasteiger partial charge in [0.1, 0.15) is 0 Å². The maximum absolute atomic E-state index is 13.0. The third-order valence-electron chi connectivity index (χ3n) is 4.83. The summed E-state index contributed by atoms with van der Waals surface area (Å²) in [6.07, 6.45) is 3.31. The van der Waals surface area contributed by atoms with Crippen LogP contribution in [0.2, 0.25) is 0 Å². The van der Waals surface area contributed by atoms with E-state index in [9.17, 15) is 9.59 Å². The zero-order chi connectivity index (χ0) is 17.9. The fourth-order valence-electron chi connectivity index (χ4n) is 3.46.